The minimum atomic E-state index is -3.52. The Morgan fingerprint density at radius 1 is 1.58 bits per heavy atom. The molecule has 1 N–H and O–H groups in total. The van der Waals surface area contributed by atoms with Gasteiger partial charge in [-0.05, 0) is 14.0 Å². The summed E-state index contributed by atoms with van der Waals surface area (Å²) in [7, 11) is 1.41. The van der Waals surface area contributed by atoms with E-state index in [9.17, 15) is 8.42 Å². The fourth-order valence-electron chi connectivity index (χ4n) is 1.58. The second kappa shape index (κ2) is 6.99. The van der Waals surface area contributed by atoms with Gasteiger partial charge in [0.15, 0.2) is 0 Å². The quantitative estimate of drug-likeness (QED) is 0.715. The molecule has 0 spiro atoms. The lowest BCUT2D eigenvalue weighted by molar-refractivity contribution is 0.149. The highest BCUT2D eigenvalue weighted by molar-refractivity contribution is 7.89. The van der Waals surface area contributed by atoms with Crippen LogP contribution in [0.15, 0.2) is 17.3 Å². The molecule has 1 aromatic heterocycles. The number of methoxy groups -OCH3 is 1. The molecule has 0 saturated heterocycles. The lowest BCUT2D eigenvalue weighted by Crippen LogP contribution is -2.37. The van der Waals surface area contributed by atoms with E-state index >= 15 is 0 Å². The van der Waals surface area contributed by atoms with Crippen molar-refractivity contribution < 1.29 is 13.2 Å². The molecule has 1 unspecified atom stereocenters. The van der Waals surface area contributed by atoms with Crippen LogP contribution in [0.25, 0.3) is 0 Å². The lowest BCUT2D eigenvalue weighted by atomic mass is 10.4. The molecule has 0 aliphatic carbocycles. The maximum Gasteiger partial charge on any atom is 0.246 e. The first kappa shape index (κ1) is 16.1. The molecular formula is C11H22N4O3S. The third kappa shape index (κ3) is 4.00. The summed E-state index contributed by atoms with van der Waals surface area (Å²) in [6, 6.07) is -0.226. The maximum atomic E-state index is 12.3. The van der Waals surface area contributed by atoms with Gasteiger partial charge in [0, 0.05) is 32.9 Å². The van der Waals surface area contributed by atoms with Gasteiger partial charge >= 0.3 is 0 Å². The van der Waals surface area contributed by atoms with Gasteiger partial charge in [-0.25, -0.2) is 8.42 Å². The summed E-state index contributed by atoms with van der Waals surface area (Å²) in [4.78, 5) is 0.203. The maximum absolute atomic E-state index is 12.3. The second-order valence-electron chi connectivity index (χ2n) is 4.37. The van der Waals surface area contributed by atoms with Gasteiger partial charge in [-0.1, -0.05) is 0 Å². The largest absolute Gasteiger partial charge is 0.383 e. The second-order valence-corrected chi connectivity index (χ2v) is 6.37. The molecule has 0 amide bonds. The van der Waals surface area contributed by atoms with E-state index in [1.165, 1.54) is 10.5 Å². The number of nitrogens with zero attached hydrogens (tertiary/aromatic N) is 3. The molecule has 1 heterocycles. The zero-order valence-corrected chi connectivity index (χ0v) is 12.6. The third-order valence-electron chi connectivity index (χ3n) is 2.91. The molecule has 8 heteroatoms. The number of sulfonamides is 1. The Bertz CT molecular complexity index is 486. The molecular weight excluding hydrogens is 268 g/mol. The van der Waals surface area contributed by atoms with Crippen molar-refractivity contribution in [2.75, 3.05) is 34.4 Å². The predicted molar refractivity (Wildman–Crippen MR) is 72.4 cm³/mol. The monoisotopic (exact) mass is 290 g/mol. The van der Waals surface area contributed by atoms with Crippen LogP contribution in [0.5, 0.6) is 0 Å². The molecule has 1 atom stereocenters. The molecule has 0 fully saturated rings. The average molecular weight is 290 g/mol. The topological polar surface area (TPSA) is 76.5 Å². The van der Waals surface area contributed by atoms with Gasteiger partial charge in [-0.3, -0.25) is 4.68 Å². The normalized spacial score (nSPS) is 13.9. The van der Waals surface area contributed by atoms with Crippen LogP contribution in [0.3, 0.4) is 0 Å². The number of likely N-dealkylation sites (N-methyl/N-ethyl adjacent to an activating group) is 2. The van der Waals surface area contributed by atoms with Crippen molar-refractivity contribution in [2.45, 2.75) is 24.4 Å². The van der Waals surface area contributed by atoms with Crippen LogP contribution in [-0.2, 0) is 21.3 Å². The molecule has 110 valence electrons. The van der Waals surface area contributed by atoms with Crippen molar-refractivity contribution in [2.24, 2.45) is 0 Å². The summed E-state index contributed by atoms with van der Waals surface area (Å²) >= 11 is 0. The molecule has 0 bridgehead atoms. The highest BCUT2D eigenvalue weighted by atomic mass is 32.2. The first-order chi connectivity index (χ1) is 8.93. The van der Waals surface area contributed by atoms with E-state index < -0.39 is 10.0 Å². The van der Waals surface area contributed by atoms with E-state index in [-0.39, 0.29) is 10.9 Å². The minimum Gasteiger partial charge on any atom is -0.383 e. The summed E-state index contributed by atoms with van der Waals surface area (Å²) in [5.74, 6) is 0. The molecule has 0 aromatic carbocycles. The van der Waals surface area contributed by atoms with E-state index in [1.807, 2.05) is 7.05 Å². The van der Waals surface area contributed by atoms with Crippen molar-refractivity contribution in [1.29, 1.82) is 0 Å². The van der Waals surface area contributed by atoms with Crippen molar-refractivity contribution in [3.8, 4) is 0 Å². The molecule has 1 aromatic rings. The summed E-state index contributed by atoms with van der Waals surface area (Å²) in [6.45, 7) is 3.51. The number of nitrogens with one attached hydrogen (secondary N) is 1. The number of aromatic nitrogens is 2. The molecule has 19 heavy (non-hydrogen) atoms. The van der Waals surface area contributed by atoms with E-state index in [0.717, 1.165) is 6.54 Å². The standard InChI is InChI=1S/C11H22N4O3S/c1-10(9-18-4)14(3)19(16,17)11-7-13-15(8-11)6-5-12-2/h7-8,10,12H,5-6,9H2,1-4H3. The van der Waals surface area contributed by atoms with Crippen molar-refractivity contribution >= 4 is 10.0 Å². The van der Waals surface area contributed by atoms with Gasteiger partial charge in [0.05, 0.1) is 19.3 Å². The lowest BCUT2D eigenvalue weighted by Gasteiger charge is -2.22. The van der Waals surface area contributed by atoms with Gasteiger partial charge in [-0.2, -0.15) is 9.40 Å². The molecule has 1 rings (SSSR count). The number of hydrogen-bond donors (Lipinski definition) is 1. The van der Waals surface area contributed by atoms with E-state index in [1.54, 1.807) is 32.0 Å². The minimum absolute atomic E-state index is 0.203. The fourth-order valence-corrected chi connectivity index (χ4v) is 2.88. The Kier molecular flexibility index (Phi) is 5.92. The van der Waals surface area contributed by atoms with Crippen LogP contribution in [0.4, 0.5) is 0 Å². The fraction of sp³-hybridized carbons (Fsp3) is 0.727. The Labute approximate surface area is 114 Å². The van der Waals surface area contributed by atoms with E-state index in [0.29, 0.717) is 13.2 Å². The van der Waals surface area contributed by atoms with Gasteiger partial charge in [0.25, 0.3) is 0 Å². The Hall–Kier alpha value is -0.960. The first-order valence-corrected chi connectivity index (χ1v) is 7.51. The summed E-state index contributed by atoms with van der Waals surface area (Å²) in [5.41, 5.74) is 0. The van der Waals surface area contributed by atoms with Gasteiger partial charge in [0.2, 0.25) is 10.0 Å². The molecule has 0 radical (unpaired) electrons. The smallest absolute Gasteiger partial charge is 0.246 e. The van der Waals surface area contributed by atoms with Crippen LogP contribution in [0, 0.1) is 0 Å². The molecule has 0 aliphatic rings. The number of ether oxygens (including phenoxy) is 1. The van der Waals surface area contributed by atoms with Crippen LogP contribution in [-0.4, -0.2) is 62.9 Å². The van der Waals surface area contributed by atoms with Crippen molar-refractivity contribution in [1.82, 2.24) is 19.4 Å². The Morgan fingerprint density at radius 2 is 2.26 bits per heavy atom. The van der Waals surface area contributed by atoms with E-state index in [2.05, 4.69) is 10.4 Å². The summed E-state index contributed by atoms with van der Waals surface area (Å²) < 4.78 is 32.6. The van der Waals surface area contributed by atoms with Gasteiger partial charge in [0.1, 0.15) is 4.90 Å². The highest BCUT2D eigenvalue weighted by Crippen LogP contribution is 2.15. The molecule has 7 nitrogen and oxygen atoms in total. The van der Waals surface area contributed by atoms with Crippen molar-refractivity contribution in [3.05, 3.63) is 12.4 Å². The third-order valence-corrected chi connectivity index (χ3v) is 4.83. The number of rotatable bonds is 8. The van der Waals surface area contributed by atoms with Crippen LogP contribution < -0.4 is 5.32 Å². The van der Waals surface area contributed by atoms with Crippen molar-refractivity contribution in [3.63, 3.8) is 0 Å². The average Bonchev–Trinajstić information content (AvgIpc) is 2.85. The first-order valence-electron chi connectivity index (χ1n) is 6.07. The molecule has 0 aliphatic heterocycles. The summed E-state index contributed by atoms with van der Waals surface area (Å²) in [5, 5.41) is 7.03. The number of hydrogen-bond acceptors (Lipinski definition) is 5. The predicted octanol–water partition coefficient (Wildman–Crippen LogP) is -0.242. The zero-order valence-electron chi connectivity index (χ0n) is 11.8. The van der Waals surface area contributed by atoms with E-state index in [4.69, 9.17) is 4.74 Å². The Morgan fingerprint density at radius 3 is 2.84 bits per heavy atom. The molecule has 0 saturated carbocycles. The van der Waals surface area contributed by atoms with Crippen LogP contribution >= 0.6 is 0 Å². The SMILES string of the molecule is CNCCn1cc(S(=O)(=O)N(C)C(C)COC)cn1. The van der Waals surface area contributed by atoms with Gasteiger partial charge < -0.3 is 10.1 Å². The summed E-state index contributed by atoms with van der Waals surface area (Å²) in [6.07, 6.45) is 2.92. The Balaban J connectivity index is 2.84. The van der Waals surface area contributed by atoms with Crippen LogP contribution in [0.1, 0.15) is 6.92 Å². The zero-order chi connectivity index (χ0) is 14.5. The van der Waals surface area contributed by atoms with Gasteiger partial charge in [-0.15, -0.1) is 0 Å². The highest BCUT2D eigenvalue weighted by Gasteiger charge is 2.26. The van der Waals surface area contributed by atoms with Crippen LogP contribution in [0.2, 0.25) is 0 Å².